The number of unbranched alkanes of at least 4 members (excludes halogenated alkanes) is 2. The molecule has 3 aromatic rings. The normalized spacial score (nSPS) is 18.6. The summed E-state index contributed by atoms with van der Waals surface area (Å²) in [6.07, 6.45) is 6.63. The van der Waals surface area contributed by atoms with Crippen LogP contribution in [0.3, 0.4) is 0 Å². The van der Waals surface area contributed by atoms with Gasteiger partial charge < -0.3 is 30.3 Å². The highest BCUT2D eigenvalue weighted by molar-refractivity contribution is 6.31. The van der Waals surface area contributed by atoms with Crippen LogP contribution in [-0.4, -0.2) is 73.4 Å². The molecule has 0 bridgehead atoms. The van der Waals surface area contributed by atoms with Crippen molar-refractivity contribution in [2.75, 3.05) is 6.61 Å². The molecule has 0 aliphatic heterocycles. The minimum absolute atomic E-state index is 0.0547. The average molecular weight is 666 g/mol. The zero-order valence-electron chi connectivity index (χ0n) is 27.1. The lowest BCUT2D eigenvalue weighted by Gasteiger charge is -2.24. The number of aliphatic hydroxyl groups excluding tert-OH is 5. The number of aliphatic hydroxyl groups is 5. The van der Waals surface area contributed by atoms with E-state index in [9.17, 15) is 25.2 Å². The van der Waals surface area contributed by atoms with E-state index in [-0.39, 0.29) is 11.8 Å². The van der Waals surface area contributed by atoms with E-state index in [1.807, 2.05) is 24.5 Å². The molecule has 1 heterocycles. The summed E-state index contributed by atoms with van der Waals surface area (Å²) in [5.74, 6) is 0.646. The van der Waals surface area contributed by atoms with Crippen LogP contribution in [0, 0.1) is 0 Å². The molecule has 1 aromatic heterocycles. The van der Waals surface area contributed by atoms with Crippen molar-refractivity contribution in [2.24, 2.45) is 0 Å². The summed E-state index contributed by atoms with van der Waals surface area (Å²) in [7, 11) is 0. The van der Waals surface area contributed by atoms with Crippen LogP contribution < -0.4 is 4.74 Å². The number of ether oxygens (including phenoxy) is 1. The molecule has 8 nitrogen and oxygen atoms in total. The number of hydrogen-bond acceptors (Lipinski definition) is 8. The number of ketones is 1. The molecule has 5 N–H and O–H groups in total. The summed E-state index contributed by atoms with van der Waals surface area (Å²) in [5, 5.41) is 48.9. The topological polar surface area (TPSA) is 140 Å². The van der Waals surface area contributed by atoms with E-state index in [1.54, 1.807) is 0 Å². The fourth-order valence-corrected chi connectivity index (χ4v) is 6.65. The van der Waals surface area contributed by atoms with E-state index in [0.717, 1.165) is 79.7 Å². The van der Waals surface area contributed by atoms with Gasteiger partial charge in [0.1, 0.15) is 30.2 Å². The van der Waals surface area contributed by atoms with Gasteiger partial charge in [0.2, 0.25) is 0 Å². The van der Waals surface area contributed by atoms with Crippen LogP contribution in [0.5, 0.6) is 5.75 Å². The number of aryl methyl sites for hydroxylation is 1. The van der Waals surface area contributed by atoms with Crippen molar-refractivity contribution in [1.29, 1.82) is 0 Å². The quantitative estimate of drug-likeness (QED) is 0.103. The Labute approximate surface area is 282 Å². The van der Waals surface area contributed by atoms with Gasteiger partial charge in [0.25, 0.3) is 0 Å². The zero-order chi connectivity index (χ0) is 33.6. The van der Waals surface area contributed by atoms with Gasteiger partial charge in [0.15, 0.2) is 5.78 Å². The van der Waals surface area contributed by atoms with E-state index >= 15 is 0 Å². The summed E-state index contributed by atoms with van der Waals surface area (Å²) in [4.78, 5) is 16.8. The van der Waals surface area contributed by atoms with Gasteiger partial charge in [-0.05, 0) is 103 Å². The van der Waals surface area contributed by atoms with Crippen molar-refractivity contribution in [2.45, 2.75) is 119 Å². The maximum absolute atomic E-state index is 12.3. The van der Waals surface area contributed by atoms with Gasteiger partial charge in [-0.1, -0.05) is 61.7 Å². The third-order valence-corrected chi connectivity index (χ3v) is 10.3. The number of benzene rings is 2. The summed E-state index contributed by atoms with van der Waals surface area (Å²) in [5.41, 5.74) is 6.07. The Morgan fingerprint density at radius 1 is 1.00 bits per heavy atom. The smallest absolute Gasteiger partial charge is 0.164 e. The lowest BCUT2D eigenvalue weighted by molar-refractivity contribution is -0.147. The number of hydrogen-bond donors (Lipinski definition) is 5. The maximum atomic E-state index is 12.3. The molecule has 1 unspecified atom stereocenters. The molecular weight excluding hydrogens is 618 g/mol. The first-order valence-corrected chi connectivity index (χ1v) is 17.4. The van der Waals surface area contributed by atoms with Crippen molar-refractivity contribution in [3.8, 4) is 16.9 Å². The zero-order valence-corrected chi connectivity index (χ0v) is 27.9. The number of nitrogens with zero attached hydrogens (tertiary/aromatic N) is 1. The van der Waals surface area contributed by atoms with Crippen LogP contribution in [0.1, 0.15) is 93.7 Å². The molecule has 2 aliphatic rings. The predicted octanol–water partition coefficient (Wildman–Crippen LogP) is 5.67. The lowest BCUT2D eigenvalue weighted by atomic mass is 9.84. The molecule has 47 heavy (non-hydrogen) atoms. The summed E-state index contributed by atoms with van der Waals surface area (Å²) < 4.78 is 6.27. The molecule has 0 amide bonds. The van der Waals surface area contributed by atoms with E-state index < -0.39 is 36.8 Å². The van der Waals surface area contributed by atoms with Crippen LogP contribution in [-0.2, 0) is 16.6 Å². The standard InChI is InChI=1S/C38H48ClNO7/c1-24(7-3-2-4-9-32(42)35(44)37(46)36(45)33(43)23-41)25-11-14-31(39)26(21-25)15-17-38(18-19-38)30-22-40-20-16-28(30)29-8-5-6-10-34(29)47-27-12-13-27/h5-6,8,10-11,14,16,20-22,24,27,33,35-37,41,43-46H,2-4,7,9,12-13,15,17-19,23H2,1H3/t24?,33-,35+,36+,37+/m0/s1. The van der Waals surface area contributed by atoms with Crippen LogP contribution in [0.4, 0.5) is 0 Å². The average Bonchev–Trinajstić information content (AvgIpc) is 4.04. The second-order valence-corrected chi connectivity index (χ2v) is 13.9. The largest absolute Gasteiger partial charge is 0.490 e. The Hall–Kier alpha value is -2.85. The first-order valence-electron chi connectivity index (χ1n) is 17.0. The van der Waals surface area contributed by atoms with Crippen LogP contribution in [0.25, 0.3) is 11.1 Å². The molecular formula is C38H48ClNO7. The fourth-order valence-electron chi connectivity index (χ4n) is 6.43. The third kappa shape index (κ3) is 8.99. The van der Waals surface area contributed by atoms with Crippen LogP contribution >= 0.6 is 11.6 Å². The number of para-hydroxylation sites is 1. The first-order chi connectivity index (χ1) is 22.6. The number of Topliss-reactive ketones (excluding diaryl/α,β-unsaturated/α-hetero) is 1. The molecule has 2 fully saturated rings. The summed E-state index contributed by atoms with van der Waals surface area (Å²) >= 11 is 6.73. The van der Waals surface area contributed by atoms with Gasteiger partial charge >= 0.3 is 0 Å². The van der Waals surface area contributed by atoms with Gasteiger partial charge in [-0.25, -0.2) is 0 Å². The fraction of sp³-hybridized carbons (Fsp3) is 0.526. The van der Waals surface area contributed by atoms with Gasteiger partial charge in [-0.2, -0.15) is 0 Å². The molecule has 0 saturated heterocycles. The van der Waals surface area contributed by atoms with E-state index in [1.165, 1.54) is 16.7 Å². The molecule has 5 atom stereocenters. The Morgan fingerprint density at radius 3 is 2.49 bits per heavy atom. The van der Waals surface area contributed by atoms with Crippen molar-refractivity contribution >= 4 is 17.4 Å². The second kappa shape index (κ2) is 16.0. The van der Waals surface area contributed by atoms with Gasteiger partial charge in [0, 0.05) is 29.4 Å². The van der Waals surface area contributed by atoms with Crippen molar-refractivity contribution in [1.82, 2.24) is 4.98 Å². The van der Waals surface area contributed by atoms with Crippen molar-refractivity contribution < 1.29 is 35.1 Å². The number of aromatic nitrogens is 1. The summed E-state index contributed by atoms with van der Waals surface area (Å²) in [6.45, 7) is 1.41. The van der Waals surface area contributed by atoms with Gasteiger partial charge in [-0.3, -0.25) is 9.78 Å². The summed E-state index contributed by atoms with van der Waals surface area (Å²) in [6, 6.07) is 16.8. The number of pyridine rings is 1. The molecule has 2 aromatic carbocycles. The molecule has 2 saturated carbocycles. The molecule has 0 spiro atoms. The maximum Gasteiger partial charge on any atom is 0.164 e. The first kappa shape index (κ1) is 35.5. The monoisotopic (exact) mass is 665 g/mol. The highest BCUT2D eigenvalue weighted by atomic mass is 35.5. The molecule has 5 rings (SSSR count). The Kier molecular flexibility index (Phi) is 12.1. The number of halogens is 1. The molecule has 254 valence electrons. The minimum atomic E-state index is -1.85. The van der Waals surface area contributed by atoms with Crippen molar-refractivity contribution in [3.05, 3.63) is 82.6 Å². The number of carbonyl (C=O) groups is 1. The minimum Gasteiger partial charge on any atom is -0.490 e. The van der Waals surface area contributed by atoms with E-state index in [4.69, 9.17) is 21.4 Å². The van der Waals surface area contributed by atoms with Crippen molar-refractivity contribution in [3.63, 3.8) is 0 Å². The molecule has 9 heteroatoms. The lowest BCUT2D eigenvalue weighted by Crippen LogP contribution is -2.48. The van der Waals surface area contributed by atoms with Crippen LogP contribution in [0.15, 0.2) is 60.9 Å². The second-order valence-electron chi connectivity index (χ2n) is 13.5. The van der Waals surface area contributed by atoms with Crippen LogP contribution in [0.2, 0.25) is 5.02 Å². The van der Waals surface area contributed by atoms with E-state index in [0.29, 0.717) is 18.4 Å². The highest BCUT2D eigenvalue weighted by Crippen LogP contribution is 2.55. The Bertz CT molecular complexity index is 1490. The Morgan fingerprint density at radius 2 is 1.77 bits per heavy atom. The number of carbonyl (C=O) groups excluding carboxylic acids is 1. The third-order valence-electron chi connectivity index (χ3n) is 9.90. The number of rotatable bonds is 19. The van der Waals surface area contributed by atoms with Gasteiger partial charge in [0.05, 0.1) is 12.7 Å². The predicted molar refractivity (Wildman–Crippen MR) is 182 cm³/mol. The molecule has 0 radical (unpaired) electrons. The van der Waals surface area contributed by atoms with E-state index in [2.05, 4.69) is 48.3 Å². The molecule has 2 aliphatic carbocycles. The highest BCUT2D eigenvalue weighted by Gasteiger charge is 2.45. The van der Waals surface area contributed by atoms with Gasteiger partial charge in [-0.15, -0.1) is 0 Å². The SMILES string of the molecule is CC(CCCCCC(=O)[C@@H](O)[C@@H](O)[C@H](O)[C@@H](O)CO)c1ccc(Cl)c(CCC2(c3cnccc3-c3ccccc3OC3CC3)CC2)c1. The Balaban J connectivity index is 1.14.